The molecule has 1 rings (SSSR count). The maximum absolute atomic E-state index is 4.63. The fourth-order valence-electron chi connectivity index (χ4n) is 1.42. The predicted molar refractivity (Wildman–Crippen MR) is 68.8 cm³/mol. The molecule has 0 spiro atoms. The van der Waals surface area contributed by atoms with Gasteiger partial charge in [-0.1, -0.05) is 48.5 Å². The molecule has 0 unspecified atom stereocenters. The Bertz CT molecular complexity index is 335. The Morgan fingerprint density at radius 3 is 1.50 bits per heavy atom. The second-order valence-corrected chi connectivity index (χ2v) is 6.41. The summed E-state index contributed by atoms with van der Waals surface area (Å²) in [5.74, 6) is 0.956. The van der Waals surface area contributed by atoms with Gasteiger partial charge in [0.05, 0.1) is 0 Å². The number of hydrogen-bond donors (Lipinski definition) is 0. The van der Waals surface area contributed by atoms with Crippen LogP contribution < -0.4 is 0 Å². The summed E-state index contributed by atoms with van der Waals surface area (Å²) in [6.07, 6.45) is 0.896. The van der Waals surface area contributed by atoms with Gasteiger partial charge in [-0.15, -0.1) is 0 Å². The van der Waals surface area contributed by atoms with Gasteiger partial charge in [0.15, 0.2) is 0 Å². The highest BCUT2D eigenvalue weighted by Crippen LogP contribution is 2.26. The molecule has 90 valence electrons. The van der Waals surface area contributed by atoms with E-state index in [9.17, 15) is 0 Å². The fraction of sp³-hybridized carbons (Fsp3) is 0.714. The molecule has 0 bridgehead atoms. The lowest BCUT2D eigenvalue weighted by atomic mass is 9.86. The first kappa shape index (κ1) is 13.1. The lowest BCUT2D eigenvalue weighted by Crippen LogP contribution is -2.21. The van der Waals surface area contributed by atoms with Crippen molar-refractivity contribution in [3.8, 4) is 0 Å². The van der Waals surface area contributed by atoms with Crippen molar-refractivity contribution < 1.29 is 0 Å². The fourth-order valence-corrected chi connectivity index (χ4v) is 1.42. The van der Waals surface area contributed by atoms with Crippen LogP contribution in [0.4, 0.5) is 0 Å². The third-order valence-corrected chi connectivity index (χ3v) is 2.63. The van der Waals surface area contributed by atoms with Gasteiger partial charge in [0, 0.05) is 28.6 Å². The van der Waals surface area contributed by atoms with Crippen molar-refractivity contribution in [1.29, 1.82) is 0 Å². The first-order valence-corrected chi connectivity index (χ1v) is 6.03. The monoisotopic (exact) mass is 220 g/mol. The second kappa shape index (κ2) is 4.15. The maximum Gasteiger partial charge on any atom is 0.128 e. The Hall–Kier alpha value is -0.920. The summed E-state index contributed by atoms with van der Waals surface area (Å²) in [5, 5.41) is 0. The van der Waals surface area contributed by atoms with E-state index in [2.05, 4.69) is 64.5 Å². The zero-order chi connectivity index (χ0) is 12.6. The molecule has 0 amide bonds. The summed E-state index contributed by atoms with van der Waals surface area (Å²) in [5.41, 5.74) is 2.47. The zero-order valence-electron chi connectivity index (χ0n) is 11.7. The van der Waals surface area contributed by atoms with Crippen molar-refractivity contribution in [2.24, 2.45) is 0 Å². The molecule has 0 aliphatic carbocycles. The Morgan fingerprint density at radius 1 is 0.875 bits per heavy atom. The largest absolute Gasteiger partial charge is 0.237 e. The maximum atomic E-state index is 4.63. The van der Waals surface area contributed by atoms with Crippen LogP contribution in [0.5, 0.6) is 0 Å². The van der Waals surface area contributed by atoms with Gasteiger partial charge in [0.1, 0.15) is 5.82 Å². The zero-order valence-corrected chi connectivity index (χ0v) is 11.7. The van der Waals surface area contributed by atoms with Crippen LogP contribution in [0.2, 0.25) is 0 Å². The Kier molecular flexibility index (Phi) is 3.41. The minimum absolute atomic E-state index is 0.0901. The van der Waals surface area contributed by atoms with Crippen LogP contribution in [0.15, 0.2) is 6.07 Å². The smallest absolute Gasteiger partial charge is 0.128 e. The number of nitrogens with zero attached hydrogens (tertiary/aromatic N) is 2. The highest BCUT2D eigenvalue weighted by molar-refractivity contribution is 5.22. The lowest BCUT2D eigenvalue weighted by Gasteiger charge is -2.23. The van der Waals surface area contributed by atoms with Crippen molar-refractivity contribution in [2.45, 2.75) is 65.7 Å². The van der Waals surface area contributed by atoms with Crippen LogP contribution in [0.1, 0.15) is 65.7 Å². The van der Waals surface area contributed by atoms with E-state index in [0.29, 0.717) is 0 Å². The Labute approximate surface area is 99.5 Å². The standard InChI is InChI=1S/C14H24N2/c1-8-12-15-10(13(2,3)4)9-11(16-12)14(5,6)7/h9H,8H2,1-7H3. The molecule has 0 saturated heterocycles. The van der Waals surface area contributed by atoms with Gasteiger partial charge >= 0.3 is 0 Å². The van der Waals surface area contributed by atoms with Gasteiger partial charge in [-0.05, 0) is 6.07 Å². The average molecular weight is 220 g/mol. The molecular formula is C14H24N2. The van der Waals surface area contributed by atoms with Crippen molar-refractivity contribution in [2.75, 3.05) is 0 Å². The van der Waals surface area contributed by atoms with Crippen LogP contribution in [-0.4, -0.2) is 9.97 Å². The number of aryl methyl sites for hydroxylation is 1. The number of hydrogen-bond acceptors (Lipinski definition) is 2. The summed E-state index contributed by atoms with van der Waals surface area (Å²) in [6.45, 7) is 15.3. The summed E-state index contributed by atoms with van der Waals surface area (Å²) >= 11 is 0. The van der Waals surface area contributed by atoms with Gasteiger partial charge in [-0.25, -0.2) is 9.97 Å². The van der Waals surface area contributed by atoms with Gasteiger partial charge in [-0.2, -0.15) is 0 Å². The molecule has 0 N–H and O–H groups in total. The van der Waals surface area contributed by atoms with Crippen LogP contribution >= 0.6 is 0 Å². The normalized spacial score (nSPS) is 12.9. The van der Waals surface area contributed by atoms with E-state index in [0.717, 1.165) is 23.6 Å². The summed E-state index contributed by atoms with van der Waals surface area (Å²) in [4.78, 5) is 9.25. The van der Waals surface area contributed by atoms with Gasteiger partial charge in [-0.3, -0.25) is 0 Å². The molecular weight excluding hydrogens is 196 g/mol. The molecule has 2 heteroatoms. The molecule has 0 atom stereocenters. The Morgan fingerprint density at radius 2 is 1.25 bits per heavy atom. The molecule has 2 nitrogen and oxygen atoms in total. The van der Waals surface area contributed by atoms with Crippen LogP contribution in [0.3, 0.4) is 0 Å². The van der Waals surface area contributed by atoms with Gasteiger partial charge in [0.25, 0.3) is 0 Å². The molecule has 0 aromatic carbocycles. The van der Waals surface area contributed by atoms with E-state index >= 15 is 0 Å². The minimum Gasteiger partial charge on any atom is -0.237 e. The first-order valence-electron chi connectivity index (χ1n) is 6.03. The number of aromatic nitrogens is 2. The summed E-state index contributed by atoms with van der Waals surface area (Å²) < 4.78 is 0. The molecule has 16 heavy (non-hydrogen) atoms. The van der Waals surface area contributed by atoms with Crippen molar-refractivity contribution in [1.82, 2.24) is 9.97 Å². The predicted octanol–water partition coefficient (Wildman–Crippen LogP) is 3.63. The van der Waals surface area contributed by atoms with Crippen molar-refractivity contribution >= 4 is 0 Å². The Balaban J connectivity index is 3.33. The third-order valence-electron chi connectivity index (χ3n) is 2.63. The molecule has 1 heterocycles. The summed E-state index contributed by atoms with van der Waals surface area (Å²) in [7, 11) is 0. The molecule has 1 aromatic rings. The SMILES string of the molecule is CCc1nc(C(C)(C)C)cc(C(C)(C)C)n1. The van der Waals surface area contributed by atoms with E-state index in [1.165, 1.54) is 0 Å². The second-order valence-electron chi connectivity index (χ2n) is 6.41. The molecule has 0 aliphatic heterocycles. The first-order chi connectivity index (χ1) is 7.14. The van der Waals surface area contributed by atoms with Crippen LogP contribution in [0, 0.1) is 0 Å². The van der Waals surface area contributed by atoms with Crippen LogP contribution in [-0.2, 0) is 17.3 Å². The molecule has 0 saturated carbocycles. The molecule has 1 aromatic heterocycles. The van der Waals surface area contributed by atoms with E-state index in [1.54, 1.807) is 0 Å². The lowest BCUT2D eigenvalue weighted by molar-refractivity contribution is 0.530. The quantitative estimate of drug-likeness (QED) is 0.722. The van der Waals surface area contributed by atoms with E-state index in [1.807, 2.05) is 0 Å². The van der Waals surface area contributed by atoms with E-state index < -0.39 is 0 Å². The minimum atomic E-state index is 0.0901. The molecule has 0 fully saturated rings. The topological polar surface area (TPSA) is 25.8 Å². The summed E-state index contributed by atoms with van der Waals surface area (Å²) in [6, 6.07) is 2.15. The highest BCUT2D eigenvalue weighted by Gasteiger charge is 2.22. The molecule has 0 radical (unpaired) electrons. The number of rotatable bonds is 1. The van der Waals surface area contributed by atoms with E-state index in [4.69, 9.17) is 0 Å². The van der Waals surface area contributed by atoms with Crippen LogP contribution in [0.25, 0.3) is 0 Å². The van der Waals surface area contributed by atoms with Gasteiger partial charge < -0.3 is 0 Å². The highest BCUT2D eigenvalue weighted by atomic mass is 14.9. The molecule has 0 aliphatic rings. The van der Waals surface area contributed by atoms with Gasteiger partial charge in [0.2, 0.25) is 0 Å². The third kappa shape index (κ3) is 3.03. The average Bonchev–Trinajstić information content (AvgIpc) is 2.14. The van der Waals surface area contributed by atoms with Crippen molar-refractivity contribution in [3.05, 3.63) is 23.3 Å². The van der Waals surface area contributed by atoms with E-state index in [-0.39, 0.29) is 10.8 Å². The van der Waals surface area contributed by atoms with Crippen molar-refractivity contribution in [3.63, 3.8) is 0 Å².